The average Bonchev–Trinajstić information content (AvgIpc) is 3.12. The largest absolute Gasteiger partial charge is 0.370 e. The molecule has 2 heterocycles. The molecule has 1 aliphatic heterocycles. The molecule has 0 bridgehead atoms. The third kappa shape index (κ3) is 5.58. The van der Waals surface area contributed by atoms with Crippen LogP contribution in [0.5, 0.6) is 0 Å². The molecule has 7 nitrogen and oxygen atoms in total. The zero-order valence-electron chi connectivity index (χ0n) is 16.6. The van der Waals surface area contributed by atoms with Crippen molar-refractivity contribution in [3.05, 3.63) is 54.1 Å². The van der Waals surface area contributed by atoms with Gasteiger partial charge in [0, 0.05) is 45.0 Å². The van der Waals surface area contributed by atoms with E-state index in [0.717, 1.165) is 50.8 Å². The van der Waals surface area contributed by atoms with Gasteiger partial charge in [-0.05, 0) is 31.2 Å². The first-order chi connectivity index (χ1) is 13.7. The molecule has 150 valence electrons. The van der Waals surface area contributed by atoms with E-state index >= 15 is 0 Å². The minimum Gasteiger partial charge on any atom is -0.370 e. The zero-order valence-corrected chi connectivity index (χ0v) is 16.6. The molecule has 1 atom stereocenters. The lowest BCUT2D eigenvalue weighted by Crippen LogP contribution is -2.47. The Hall–Kier alpha value is -2.83. The van der Waals surface area contributed by atoms with E-state index in [1.807, 2.05) is 30.6 Å². The summed E-state index contributed by atoms with van der Waals surface area (Å²) in [4.78, 5) is 22.8. The summed E-state index contributed by atoms with van der Waals surface area (Å²) in [6.07, 6.45) is 6.35. The summed E-state index contributed by atoms with van der Waals surface area (Å²) >= 11 is 0. The first-order valence-electron chi connectivity index (χ1n) is 10.0. The van der Waals surface area contributed by atoms with Crippen LogP contribution in [-0.4, -0.2) is 46.0 Å². The smallest absolute Gasteiger partial charge is 0.217 e. The van der Waals surface area contributed by atoms with E-state index < -0.39 is 0 Å². The van der Waals surface area contributed by atoms with E-state index in [9.17, 15) is 4.79 Å². The summed E-state index contributed by atoms with van der Waals surface area (Å²) in [6, 6.07) is 10.3. The predicted octanol–water partition coefficient (Wildman–Crippen LogP) is 1.98. The van der Waals surface area contributed by atoms with Gasteiger partial charge < -0.3 is 20.5 Å². The number of carbonyl (C=O) groups excluding carboxylic acids is 1. The Morgan fingerprint density at radius 1 is 1.36 bits per heavy atom. The second-order valence-electron chi connectivity index (χ2n) is 7.25. The lowest BCUT2D eigenvalue weighted by Gasteiger charge is -2.34. The number of primary amides is 1. The zero-order chi connectivity index (χ0) is 19.8. The van der Waals surface area contributed by atoms with Crippen LogP contribution in [-0.2, 0) is 17.9 Å². The molecule has 1 aromatic heterocycles. The van der Waals surface area contributed by atoms with Crippen molar-refractivity contribution in [1.82, 2.24) is 19.8 Å². The van der Waals surface area contributed by atoms with Crippen LogP contribution >= 0.6 is 0 Å². The quantitative estimate of drug-likeness (QED) is 0.566. The van der Waals surface area contributed by atoms with Crippen molar-refractivity contribution in [3.8, 4) is 0 Å². The summed E-state index contributed by atoms with van der Waals surface area (Å²) < 4.78 is 2.13. The van der Waals surface area contributed by atoms with Crippen LogP contribution in [0, 0.1) is 5.92 Å². The minimum atomic E-state index is -0.225. The molecule has 1 fully saturated rings. The third-order valence-corrected chi connectivity index (χ3v) is 5.01. The number of piperidine rings is 1. The highest BCUT2D eigenvalue weighted by Crippen LogP contribution is 2.19. The summed E-state index contributed by atoms with van der Waals surface area (Å²) in [5.41, 5.74) is 6.63. The molecule has 0 aliphatic carbocycles. The molecule has 0 spiro atoms. The van der Waals surface area contributed by atoms with E-state index in [1.54, 1.807) is 0 Å². The average molecular weight is 383 g/mol. The van der Waals surface area contributed by atoms with E-state index in [1.165, 1.54) is 5.56 Å². The number of aliphatic imine (C=N–C) groups is 1. The van der Waals surface area contributed by atoms with E-state index in [0.29, 0.717) is 18.9 Å². The predicted molar refractivity (Wildman–Crippen MR) is 111 cm³/mol. The lowest BCUT2D eigenvalue weighted by molar-refractivity contribution is -0.119. The normalized spacial score (nSPS) is 17.5. The number of rotatable bonds is 7. The van der Waals surface area contributed by atoms with Gasteiger partial charge in [-0.25, -0.2) is 9.98 Å². The van der Waals surface area contributed by atoms with Crippen LogP contribution in [0.25, 0.3) is 0 Å². The summed E-state index contributed by atoms with van der Waals surface area (Å²) in [6.45, 7) is 5.92. The summed E-state index contributed by atoms with van der Waals surface area (Å²) in [5.74, 6) is 1.89. The Labute approximate surface area is 166 Å². The summed E-state index contributed by atoms with van der Waals surface area (Å²) in [7, 11) is 0. The lowest BCUT2D eigenvalue weighted by atomic mass is 9.95. The van der Waals surface area contributed by atoms with Crippen molar-refractivity contribution in [1.29, 1.82) is 0 Å². The number of benzene rings is 1. The van der Waals surface area contributed by atoms with Gasteiger partial charge in [0.05, 0.1) is 0 Å². The van der Waals surface area contributed by atoms with Gasteiger partial charge in [0.15, 0.2) is 5.96 Å². The number of amides is 1. The minimum absolute atomic E-state index is 0.225. The fourth-order valence-corrected chi connectivity index (χ4v) is 3.70. The first kappa shape index (κ1) is 19.9. The number of hydrogen-bond donors (Lipinski definition) is 2. The first-order valence-corrected chi connectivity index (χ1v) is 10.0. The highest BCUT2D eigenvalue weighted by Gasteiger charge is 2.23. The van der Waals surface area contributed by atoms with Crippen molar-refractivity contribution in [2.45, 2.75) is 39.3 Å². The second kappa shape index (κ2) is 9.92. The Bertz CT molecular complexity index is 785. The maximum Gasteiger partial charge on any atom is 0.217 e. The van der Waals surface area contributed by atoms with E-state index in [2.05, 4.69) is 38.8 Å². The van der Waals surface area contributed by atoms with Crippen molar-refractivity contribution in [2.75, 3.05) is 19.6 Å². The van der Waals surface area contributed by atoms with Crippen LogP contribution in [0.15, 0.2) is 47.7 Å². The molecule has 0 saturated carbocycles. The molecule has 1 saturated heterocycles. The number of aromatic nitrogens is 2. The van der Waals surface area contributed by atoms with E-state index in [-0.39, 0.29) is 5.91 Å². The SMILES string of the molecule is CCNC(=NCc1nccn1Cc1ccccc1)N1CCCC(CC(N)=O)C1. The molecule has 1 aliphatic rings. The molecule has 28 heavy (non-hydrogen) atoms. The van der Waals surface area contributed by atoms with Gasteiger partial charge in [0.1, 0.15) is 12.4 Å². The van der Waals surface area contributed by atoms with Crippen LogP contribution in [0.4, 0.5) is 0 Å². The van der Waals surface area contributed by atoms with Gasteiger partial charge in [0.25, 0.3) is 0 Å². The van der Waals surface area contributed by atoms with Crippen LogP contribution in [0.2, 0.25) is 0 Å². The van der Waals surface area contributed by atoms with Crippen LogP contribution in [0.3, 0.4) is 0 Å². The molecule has 1 unspecified atom stereocenters. The Morgan fingerprint density at radius 3 is 2.93 bits per heavy atom. The van der Waals surface area contributed by atoms with Crippen LogP contribution in [0.1, 0.15) is 37.6 Å². The number of hydrogen-bond acceptors (Lipinski definition) is 3. The van der Waals surface area contributed by atoms with Gasteiger partial charge in [-0.3, -0.25) is 4.79 Å². The number of nitrogens with zero attached hydrogens (tertiary/aromatic N) is 4. The molecule has 7 heteroatoms. The molecule has 1 aromatic carbocycles. The maximum absolute atomic E-state index is 11.3. The topological polar surface area (TPSA) is 88.5 Å². The molecule has 0 radical (unpaired) electrons. The number of nitrogens with two attached hydrogens (primary N) is 1. The summed E-state index contributed by atoms with van der Waals surface area (Å²) in [5, 5.41) is 3.38. The number of nitrogens with one attached hydrogen (secondary N) is 1. The van der Waals surface area contributed by atoms with E-state index in [4.69, 9.17) is 10.7 Å². The maximum atomic E-state index is 11.3. The number of carbonyl (C=O) groups is 1. The second-order valence-corrected chi connectivity index (χ2v) is 7.25. The highest BCUT2D eigenvalue weighted by molar-refractivity contribution is 5.80. The molecule has 1 amide bonds. The Kier molecular flexibility index (Phi) is 7.06. The van der Waals surface area contributed by atoms with Crippen molar-refractivity contribution < 1.29 is 4.79 Å². The molecular formula is C21H30N6O. The standard InChI is InChI=1S/C21H30N6O/c1-2-23-21(27-11-6-9-18(16-27)13-19(22)28)25-14-20-24-10-12-26(20)15-17-7-4-3-5-8-17/h3-5,7-8,10,12,18H,2,6,9,11,13-16H2,1H3,(H2,22,28)(H,23,25). The molecule has 3 rings (SSSR count). The Morgan fingerprint density at radius 2 is 2.18 bits per heavy atom. The Balaban J connectivity index is 1.68. The monoisotopic (exact) mass is 382 g/mol. The molecule has 2 aromatic rings. The fourth-order valence-electron chi connectivity index (χ4n) is 3.70. The van der Waals surface area contributed by atoms with Gasteiger partial charge in [-0.2, -0.15) is 0 Å². The van der Waals surface area contributed by atoms with Gasteiger partial charge in [-0.1, -0.05) is 30.3 Å². The van der Waals surface area contributed by atoms with Crippen molar-refractivity contribution in [3.63, 3.8) is 0 Å². The number of likely N-dealkylation sites (tertiary alicyclic amines) is 1. The van der Waals surface area contributed by atoms with Gasteiger partial charge in [0.2, 0.25) is 5.91 Å². The number of imidazole rings is 1. The van der Waals surface area contributed by atoms with Crippen molar-refractivity contribution in [2.24, 2.45) is 16.6 Å². The third-order valence-electron chi connectivity index (χ3n) is 5.01. The molecular weight excluding hydrogens is 352 g/mol. The van der Waals surface area contributed by atoms with Gasteiger partial charge >= 0.3 is 0 Å². The number of guanidine groups is 1. The molecule has 3 N–H and O–H groups in total. The van der Waals surface area contributed by atoms with Crippen LogP contribution < -0.4 is 11.1 Å². The van der Waals surface area contributed by atoms with Gasteiger partial charge in [-0.15, -0.1) is 0 Å². The fraction of sp³-hybridized carbons (Fsp3) is 0.476. The van der Waals surface area contributed by atoms with Crippen molar-refractivity contribution >= 4 is 11.9 Å². The highest BCUT2D eigenvalue weighted by atomic mass is 16.1.